The predicted octanol–water partition coefficient (Wildman–Crippen LogP) is 22.6. The lowest BCUT2D eigenvalue weighted by molar-refractivity contribution is -0.302. The molecule has 6 N–H and O–H groups in total. The van der Waals surface area contributed by atoms with Gasteiger partial charge in [0.05, 0.1) is 32.0 Å². The van der Waals surface area contributed by atoms with Crippen LogP contribution in [-0.4, -0.2) is 100 Å². The summed E-state index contributed by atoms with van der Waals surface area (Å²) in [6.07, 6.45) is 90.9. The van der Waals surface area contributed by atoms with Gasteiger partial charge in [0.2, 0.25) is 5.91 Å². The molecule has 1 fully saturated rings. The Hall–Kier alpha value is -2.90. The zero-order valence-electron chi connectivity index (χ0n) is 62.6. The van der Waals surface area contributed by atoms with Crippen LogP contribution in [0.5, 0.6) is 0 Å². The van der Waals surface area contributed by atoms with Gasteiger partial charge < -0.3 is 45.1 Å². The van der Waals surface area contributed by atoms with Crippen LogP contribution in [0.2, 0.25) is 0 Å². The third kappa shape index (κ3) is 61.0. The van der Waals surface area contributed by atoms with Gasteiger partial charge in [-0.1, -0.05) is 344 Å². The Labute approximate surface area is 591 Å². The number of carbonyl (C=O) groups is 2. The van der Waals surface area contributed by atoms with Crippen molar-refractivity contribution >= 4 is 11.9 Å². The molecule has 0 bridgehead atoms. The average Bonchev–Trinajstić information content (AvgIpc) is 0.850. The highest BCUT2D eigenvalue weighted by Gasteiger charge is 2.44. The van der Waals surface area contributed by atoms with E-state index in [1.54, 1.807) is 6.08 Å². The number of aliphatic hydroxyl groups excluding tert-OH is 5. The summed E-state index contributed by atoms with van der Waals surface area (Å²) >= 11 is 0. The van der Waals surface area contributed by atoms with E-state index in [0.717, 1.165) is 70.6 Å². The molecule has 0 aromatic rings. The molecule has 0 radical (unpaired) electrons. The Bertz CT molecular complexity index is 1830. The van der Waals surface area contributed by atoms with Gasteiger partial charge in [0.1, 0.15) is 24.4 Å². The highest BCUT2D eigenvalue weighted by molar-refractivity contribution is 5.76. The molecule has 1 amide bonds. The van der Waals surface area contributed by atoms with E-state index in [1.165, 1.54) is 295 Å². The summed E-state index contributed by atoms with van der Waals surface area (Å²) in [5.74, 6) is -0.182. The van der Waals surface area contributed by atoms with Crippen LogP contribution < -0.4 is 5.32 Å². The first kappa shape index (κ1) is 91.1. The Kier molecular flexibility index (Phi) is 69.6. The highest BCUT2D eigenvalue weighted by Crippen LogP contribution is 2.24. The molecule has 1 rings (SSSR count). The van der Waals surface area contributed by atoms with Crippen LogP contribution in [0.4, 0.5) is 0 Å². The molecule has 1 aliphatic heterocycles. The van der Waals surface area contributed by atoms with Gasteiger partial charge in [0.25, 0.3) is 0 Å². The van der Waals surface area contributed by atoms with Crippen molar-refractivity contribution in [2.24, 2.45) is 0 Å². The minimum Gasteiger partial charge on any atom is -0.466 e. The van der Waals surface area contributed by atoms with Crippen LogP contribution in [0.25, 0.3) is 0 Å². The number of nitrogens with one attached hydrogen (secondary N) is 1. The van der Waals surface area contributed by atoms with Crippen LogP contribution >= 0.6 is 0 Å². The summed E-state index contributed by atoms with van der Waals surface area (Å²) in [6, 6.07) is -0.826. The van der Waals surface area contributed by atoms with E-state index in [0.29, 0.717) is 19.4 Å². The quantitative estimate of drug-likeness (QED) is 0.0195. The van der Waals surface area contributed by atoms with Crippen molar-refractivity contribution in [2.45, 2.75) is 436 Å². The summed E-state index contributed by atoms with van der Waals surface area (Å²) in [5, 5.41) is 54.5. The van der Waals surface area contributed by atoms with Gasteiger partial charge in [0.15, 0.2) is 6.29 Å². The lowest BCUT2D eigenvalue weighted by atomic mass is 9.99. The molecule has 1 heterocycles. The zero-order chi connectivity index (χ0) is 69.4. The van der Waals surface area contributed by atoms with Gasteiger partial charge in [-0.25, -0.2) is 0 Å². The second-order valence-electron chi connectivity index (χ2n) is 28.5. The normalized spacial score (nSPS) is 17.7. The summed E-state index contributed by atoms with van der Waals surface area (Å²) in [5.41, 5.74) is 0. The number of aliphatic hydroxyl groups is 5. The number of carbonyl (C=O) groups excluding carboxylic acids is 2. The number of hydrogen-bond donors (Lipinski definition) is 6. The van der Waals surface area contributed by atoms with Crippen LogP contribution in [-0.2, 0) is 23.8 Å². The number of unbranched alkanes of at least 4 members (excludes halogenated alkanes) is 49. The first-order valence-electron chi connectivity index (χ1n) is 41.2. The Morgan fingerprint density at radius 1 is 0.385 bits per heavy atom. The topological polar surface area (TPSA) is 175 Å². The van der Waals surface area contributed by atoms with Gasteiger partial charge >= 0.3 is 5.97 Å². The molecule has 0 spiro atoms. The molecule has 7 atom stereocenters. The summed E-state index contributed by atoms with van der Waals surface area (Å²) in [4.78, 5) is 25.2. The maximum atomic E-state index is 13.1. The highest BCUT2D eigenvalue weighted by atomic mass is 16.7. The van der Waals surface area contributed by atoms with Gasteiger partial charge in [-0.15, -0.1) is 0 Å². The SMILES string of the molecule is CCCCC/C=C\C/C=C\CCCCCCCCCC(=O)OCCCCCCCCCCCCCCCCC/C=C\C/C=C\CCCCCCCCCCCCCCCCCCCC(=O)NC(COC1OC(CO)C(O)C(O)C1O)C(O)/C=C/CC/C=C/CCCCCCCC. The van der Waals surface area contributed by atoms with Crippen LogP contribution in [0.3, 0.4) is 0 Å². The molecule has 0 aromatic heterocycles. The molecule has 11 nitrogen and oxygen atoms in total. The van der Waals surface area contributed by atoms with Crippen molar-refractivity contribution in [3.8, 4) is 0 Å². The fourth-order valence-corrected chi connectivity index (χ4v) is 12.8. The summed E-state index contributed by atoms with van der Waals surface area (Å²) in [7, 11) is 0. The maximum absolute atomic E-state index is 13.1. The third-order valence-corrected chi connectivity index (χ3v) is 19.3. The molecule has 7 unspecified atom stereocenters. The van der Waals surface area contributed by atoms with E-state index in [2.05, 4.69) is 79.9 Å². The van der Waals surface area contributed by atoms with Crippen molar-refractivity contribution in [1.29, 1.82) is 0 Å². The molecule has 0 aliphatic carbocycles. The van der Waals surface area contributed by atoms with Gasteiger partial charge in [-0.2, -0.15) is 0 Å². The minimum absolute atomic E-state index is 0.00669. The molecule has 11 heteroatoms. The van der Waals surface area contributed by atoms with Crippen molar-refractivity contribution in [3.05, 3.63) is 72.9 Å². The lowest BCUT2D eigenvalue weighted by Crippen LogP contribution is -2.60. The van der Waals surface area contributed by atoms with E-state index in [9.17, 15) is 35.1 Å². The van der Waals surface area contributed by atoms with Crippen molar-refractivity contribution in [3.63, 3.8) is 0 Å². The van der Waals surface area contributed by atoms with Crippen molar-refractivity contribution in [2.75, 3.05) is 19.8 Å². The second-order valence-corrected chi connectivity index (χ2v) is 28.5. The monoisotopic (exact) mass is 1350 g/mol. The molecule has 1 saturated heterocycles. The van der Waals surface area contributed by atoms with Gasteiger partial charge in [-0.3, -0.25) is 9.59 Å². The number of rotatable bonds is 73. The number of allylic oxidation sites excluding steroid dienone is 11. The van der Waals surface area contributed by atoms with Crippen LogP contribution in [0.15, 0.2) is 72.9 Å². The minimum atomic E-state index is -1.58. The van der Waals surface area contributed by atoms with E-state index in [-0.39, 0.29) is 18.5 Å². The number of ether oxygens (including phenoxy) is 3. The first-order chi connectivity index (χ1) is 47.2. The summed E-state index contributed by atoms with van der Waals surface area (Å²) in [6.45, 7) is 4.32. The molecule has 0 aromatic carbocycles. The number of hydrogen-bond acceptors (Lipinski definition) is 10. The fourth-order valence-electron chi connectivity index (χ4n) is 12.8. The third-order valence-electron chi connectivity index (χ3n) is 19.3. The number of esters is 1. The van der Waals surface area contributed by atoms with Crippen molar-refractivity contribution < 1.29 is 49.3 Å². The van der Waals surface area contributed by atoms with Gasteiger partial charge in [0, 0.05) is 12.8 Å². The summed E-state index contributed by atoms with van der Waals surface area (Å²) < 4.78 is 16.8. The molecule has 1 aliphatic rings. The maximum Gasteiger partial charge on any atom is 0.305 e. The average molecular weight is 1350 g/mol. The Balaban J connectivity index is 1.89. The van der Waals surface area contributed by atoms with E-state index in [4.69, 9.17) is 14.2 Å². The largest absolute Gasteiger partial charge is 0.466 e. The second kappa shape index (κ2) is 73.3. The van der Waals surface area contributed by atoms with Crippen LogP contribution in [0, 0.1) is 0 Å². The number of amides is 1. The fraction of sp³-hybridized carbons (Fsp3) is 0.835. The molecular formula is C85H155NO10. The Morgan fingerprint density at radius 3 is 1.11 bits per heavy atom. The molecule has 96 heavy (non-hydrogen) atoms. The molecular weight excluding hydrogens is 1190 g/mol. The van der Waals surface area contributed by atoms with E-state index in [1.807, 2.05) is 6.08 Å². The van der Waals surface area contributed by atoms with Gasteiger partial charge in [-0.05, 0) is 109 Å². The van der Waals surface area contributed by atoms with E-state index < -0.39 is 49.5 Å². The lowest BCUT2D eigenvalue weighted by Gasteiger charge is -2.40. The molecule has 560 valence electrons. The first-order valence-corrected chi connectivity index (χ1v) is 41.2. The van der Waals surface area contributed by atoms with Crippen LogP contribution in [0.1, 0.15) is 393 Å². The molecule has 0 saturated carbocycles. The predicted molar refractivity (Wildman–Crippen MR) is 407 cm³/mol. The standard InChI is InChI=1S/C85H155NO10/c1-3-5-7-9-11-13-15-17-18-42-46-49-53-57-61-65-69-73-81(90)94-74-70-66-62-58-54-50-47-44-41-39-37-35-33-31-29-27-25-23-21-19-20-22-24-26-28-30-32-34-36-38-40-43-45-48-52-56-60-64-68-72-80(89)86-77(76-95-85-84(93)83(92)82(91)79(75-87)96-85)78(88)71-67-63-59-55-51-16-14-12-10-8-6-4-2/h11,13,17-20,23,25,51,55,67,71,77-79,82-85,87-88,91-93H,3-10,12,14-16,21-22,24,26-50,52-54,56-66,68-70,72-76H2,1-2H3,(H,86,89)/b13-11-,18-17-,20-19-,25-23-,55-51+,71-67+. The van der Waals surface area contributed by atoms with E-state index >= 15 is 0 Å². The smallest absolute Gasteiger partial charge is 0.305 e. The van der Waals surface area contributed by atoms with Crippen molar-refractivity contribution in [1.82, 2.24) is 5.32 Å². The zero-order valence-corrected chi connectivity index (χ0v) is 62.6. The Morgan fingerprint density at radius 2 is 0.708 bits per heavy atom.